The van der Waals surface area contributed by atoms with E-state index in [2.05, 4.69) is 11.9 Å². The Bertz CT molecular complexity index is 319. The number of hydrogen-bond acceptors (Lipinski definition) is 3. The molecule has 4 nitrogen and oxygen atoms in total. The first kappa shape index (κ1) is 10.2. The summed E-state index contributed by atoms with van der Waals surface area (Å²) in [5.74, 6) is 0. The van der Waals surface area contributed by atoms with Crippen molar-refractivity contribution in [1.29, 1.82) is 0 Å². The molecule has 14 heavy (non-hydrogen) atoms. The van der Waals surface area contributed by atoms with Crippen molar-refractivity contribution in [2.24, 2.45) is 0 Å². The van der Waals surface area contributed by atoms with Crippen LogP contribution in [-0.4, -0.2) is 11.5 Å². The Kier molecular flexibility index (Phi) is 3.67. The van der Waals surface area contributed by atoms with E-state index < -0.39 is 4.92 Å². The van der Waals surface area contributed by atoms with Gasteiger partial charge in [-0.3, -0.25) is 10.1 Å². The lowest BCUT2D eigenvalue weighted by Crippen LogP contribution is -1.99. The van der Waals surface area contributed by atoms with E-state index in [1.807, 2.05) is 6.08 Å². The van der Waals surface area contributed by atoms with Crippen molar-refractivity contribution >= 4 is 11.4 Å². The third kappa shape index (κ3) is 2.90. The van der Waals surface area contributed by atoms with Gasteiger partial charge in [0.1, 0.15) is 0 Å². The second kappa shape index (κ2) is 5.01. The summed E-state index contributed by atoms with van der Waals surface area (Å²) in [6, 6.07) is 6.36. The number of nitrogens with one attached hydrogen (secondary N) is 1. The van der Waals surface area contributed by atoms with Gasteiger partial charge in [0.25, 0.3) is 5.69 Å². The van der Waals surface area contributed by atoms with Crippen LogP contribution in [0, 0.1) is 10.1 Å². The monoisotopic (exact) mass is 192 g/mol. The maximum atomic E-state index is 10.3. The maximum Gasteiger partial charge on any atom is 0.269 e. The molecule has 1 N–H and O–H groups in total. The average molecular weight is 192 g/mol. The van der Waals surface area contributed by atoms with Crippen LogP contribution in [0.3, 0.4) is 0 Å². The van der Waals surface area contributed by atoms with Gasteiger partial charge in [-0.2, -0.15) is 0 Å². The fourth-order valence-corrected chi connectivity index (χ4v) is 1.02. The van der Waals surface area contributed by atoms with Crippen molar-refractivity contribution in [3.05, 3.63) is 47.0 Å². The Morgan fingerprint density at radius 2 is 2.07 bits per heavy atom. The normalized spacial score (nSPS) is 9.43. The number of nitrogens with zero attached hydrogens (tertiary/aromatic N) is 1. The smallest absolute Gasteiger partial charge is 0.269 e. The van der Waals surface area contributed by atoms with E-state index in [1.54, 1.807) is 12.1 Å². The van der Waals surface area contributed by atoms with Crippen molar-refractivity contribution < 1.29 is 4.92 Å². The van der Waals surface area contributed by atoms with Gasteiger partial charge < -0.3 is 5.32 Å². The van der Waals surface area contributed by atoms with Crippen LogP contribution in [-0.2, 0) is 0 Å². The number of nitro benzene ring substituents is 1. The lowest BCUT2D eigenvalue weighted by molar-refractivity contribution is -0.384. The molecule has 0 aliphatic carbocycles. The number of anilines is 1. The van der Waals surface area contributed by atoms with Gasteiger partial charge in [0.05, 0.1) is 4.92 Å². The van der Waals surface area contributed by atoms with Crippen LogP contribution in [0.15, 0.2) is 36.9 Å². The van der Waals surface area contributed by atoms with E-state index in [9.17, 15) is 10.1 Å². The Balaban J connectivity index is 2.55. The number of rotatable bonds is 5. The summed E-state index contributed by atoms with van der Waals surface area (Å²) in [6.45, 7) is 4.39. The van der Waals surface area contributed by atoms with Crippen molar-refractivity contribution in [2.45, 2.75) is 6.42 Å². The van der Waals surface area contributed by atoms with Crippen LogP contribution < -0.4 is 5.32 Å². The standard InChI is InChI=1S/C10H12N2O2/c1-2-3-8-11-9-4-6-10(7-5-9)12(13)14/h2,4-7,11H,1,3,8H2. The molecule has 74 valence electrons. The van der Waals surface area contributed by atoms with Crippen molar-refractivity contribution in [3.63, 3.8) is 0 Å². The third-order valence-corrected chi connectivity index (χ3v) is 1.76. The molecule has 1 rings (SSSR count). The van der Waals surface area contributed by atoms with Crippen molar-refractivity contribution in [2.75, 3.05) is 11.9 Å². The van der Waals surface area contributed by atoms with E-state index in [-0.39, 0.29) is 5.69 Å². The molecule has 0 spiro atoms. The topological polar surface area (TPSA) is 55.2 Å². The zero-order valence-corrected chi connectivity index (χ0v) is 7.77. The molecule has 0 aliphatic rings. The number of benzene rings is 1. The van der Waals surface area contributed by atoms with Gasteiger partial charge in [0, 0.05) is 24.4 Å². The van der Waals surface area contributed by atoms with Crippen LogP contribution in [0.2, 0.25) is 0 Å². The molecule has 0 bridgehead atoms. The fraction of sp³-hybridized carbons (Fsp3) is 0.200. The SMILES string of the molecule is C=CCCNc1ccc([N+](=O)[O-])cc1. The van der Waals surface area contributed by atoms with Gasteiger partial charge >= 0.3 is 0 Å². The highest BCUT2D eigenvalue weighted by Gasteiger charge is 2.02. The molecule has 0 saturated carbocycles. The summed E-state index contributed by atoms with van der Waals surface area (Å²) in [6.07, 6.45) is 2.69. The summed E-state index contributed by atoms with van der Waals surface area (Å²) in [5, 5.41) is 13.5. The minimum absolute atomic E-state index is 0.110. The quantitative estimate of drug-likeness (QED) is 0.337. The van der Waals surface area contributed by atoms with Gasteiger partial charge in [0.2, 0.25) is 0 Å². The summed E-state index contributed by atoms with van der Waals surface area (Å²) >= 11 is 0. The average Bonchev–Trinajstić information content (AvgIpc) is 2.19. The Morgan fingerprint density at radius 1 is 1.43 bits per heavy atom. The number of hydrogen-bond donors (Lipinski definition) is 1. The van der Waals surface area contributed by atoms with Crippen LogP contribution in [0.4, 0.5) is 11.4 Å². The summed E-state index contributed by atoms with van der Waals surface area (Å²) < 4.78 is 0. The third-order valence-electron chi connectivity index (χ3n) is 1.76. The zero-order chi connectivity index (χ0) is 10.4. The first-order chi connectivity index (χ1) is 6.74. The highest BCUT2D eigenvalue weighted by molar-refractivity contribution is 5.48. The number of non-ortho nitro benzene ring substituents is 1. The van der Waals surface area contributed by atoms with Gasteiger partial charge in [-0.05, 0) is 18.6 Å². The van der Waals surface area contributed by atoms with Crippen LogP contribution in [0.5, 0.6) is 0 Å². The molecule has 0 saturated heterocycles. The Hall–Kier alpha value is -1.84. The predicted molar refractivity (Wildman–Crippen MR) is 56.4 cm³/mol. The zero-order valence-electron chi connectivity index (χ0n) is 7.77. The van der Waals surface area contributed by atoms with Crippen LogP contribution in [0.1, 0.15) is 6.42 Å². The maximum absolute atomic E-state index is 10.3. The molecule has 0 fully saturated rings. The molecule has 0 unspecified atom stereocenters. The lowest BCUT2D eigenvalue weighted by atomic mass is 10.3. The Labute approximate surface area is 82.4 Å². The van der Waals surface area contributed by atoms with Gasteiger partial charge in [0.15, 0.2) is 0 Å². The first-order valence-electron chi connectivity index (χ1n) is 4.33. The molecule has 4 heteroatoms. The first-order valence-corrected chi connectivity index (χ1v) is 4.33. The molecule has 0 amide bonds. The summed E-state index contributed by atoms with van der Waals surface area (Å²) in [4.78, 5) is 9.94. The predicted octanol–water partition coefficient (Wildman–Crippen LogP) is 2.58. The van der Waals surface area contributed by atoms with E-state index in [1.165, 1.54) is 12.1 Å². The second-order valence-electron chi connectivity index (χ2n) is 2.81. The highest BCUT2D eigenvalue weighted by Crippen LogP contribution is 2.14. The summed E-state index contributed by atoms with van der Waals surface area (Å²) in [7, 11) is 0. The molecule has 0 heterocycles. The summed E-state index contributed by atoms with van der Waals surface area (Å²) in [5.41, 5.74) is 0.997. The van der Waals surface area contributed by atoms with E-state index in [4.69, 9.17) is 0 Å². The van der Waals surface area contributed by atoms with Gasteiger partial charge in [-0.15, -0.1) is 6.58 Å². The van der Waals surface area contributed by atoms with Crippen molar-refractivity contribution in [3.8, 4) is 0 Å². The van der Waals surface area contributed by atoms with Crippen LogP contribution in [0.25, 0.3) is 0 Å². The molecule has 0 aliphatic heterocycles. The Morgan fingerprint density at radius 3 is 2.57 bits per heavy atom. The van der Waals surface area contributed by atoms with Gasteiger partial charge in [-0.1, -0.05) is 6.08 Å². The molecule has 1 aromatic carbocycles. The molecule has 0 atom stereocenters. The van der Waals surface area contributed by atoms with Crippen LogP contribution >= 0.6 is 0 Å². The second-order valence-corrected chi connectivity index (χ2v) is 2.81. The van der Waals surface area contributed by atoms with Gasteiger partial charge in [-0.25, -0.2) is 0 Å². The van der Waals surface area contributed by atoms with E-state index >= 15 is 0 Å². The fourth-order valence-electron chi connectivity index (χ4n) is 1.02. The molecule has 0 aromatic heterocycles. The minimum Gasteiger partial charge on any atom is -0.385 e. The molecule has 0 radical (unpaired) electrons. The minimum atomic E-state index is -0.409. The van der Waals surface area contributed by atoms with E-state index in [0.717, 1.165) is 18.7 Å². The lowest BCUT2D eigenvalue weighted by Gasteiger charge is -2.03. The largest absolute Gasteiger partial charge is 0.385 e. The highest BCUT2D eigenvalue weighted by atomic mass is 16.6. The number of nitro groups is 1. The molecular weight excluding hydrogens is 180 g/mol. The molecular formula is C10H12N2O2. The van der Waals surface area contributed by atoms with E-state index in [0.29, 0.717) is 0 Å². The molecule has 1 aromatic rings. The van der Waals surface area contributed by atoms with Crippen molar-refractivity contribution in [1.82, 2.24) is 0 Å².